The Balaban J connectivity index is 4.29. The lowest BCUT2D eigenvalue weighted by Crippen LogP contribution is -2.18. The van der Waals surface area contributed by atoms with Crippen molar-refractivity contribution in [1.82, 2.24) is 0 Å². The van der Waals surface area contributed by atoms with Crippen LogP contribution in [0.25, 0.3) is 12.2 Å². The van der Waals surface area contributed by atoms with E-state index in [0.29, 0.717) is 11.4 Å². The molecule has 30 heavy (non-hydrogen) atoms. The molecule has 0 saturated heterocycles. The molecule has 9 nitrogen and oxygen atoms in total. The third-order valence-electron chi connectivity index (χ3n) is 3.93. The van der Waals surface area contributed by atoms with Gasteiger partial charge in [0.1, 0.15) is 28.0 Å². The summed E-state index contributed by atoms with van der Waals surface area (Å²) in [5.74, 6) is 0. The summed E-state index contributed by atoms with van der Waals surface area (Å²) in [6, 6.07) is 6.75. The fraction of sp³-hybridized carbons (Fsp3) is 0.316. The Labute approximate surface area is 177 Å². The molecule has 0 aliphatic carbocycles. The maximum Gasteiger partial charge on any atom is 0.185 e. The molecule has 11 heteroatoms. The molecular weight excluding hydrogens is 426 g/mol. The lowest BCUT2D eigenvalue weighted by atomic mass is 9.97. The summed E-state index contributed by atoms with van der Waals surface area (Å²) in [6.45, 7) is 0. The second-order valence-electron chi connectivity index (χ2n) is 6.81. The normalized spacial score (nSPS) is 12.5. The molecule has 0 spiro atoms. The average Bonchev–Trinajstić information content (AvgIpc) is 2.60. The van der Waals surface area contributed by atoms with Gasteiger partial charge in [-0.3, -0.25) is 0 Å². The van der Waals surface area contributed by atoms with Gasteiger partial charge in [0, 0.05) is 51.8 Å². The number of sulfone groups is 2. The van der Waals surface area contributed by atoms with Gasteiger partial charge < -0.3 is 9.80 Å². The standard InChI is InChI=1S/C19H21N5O4S2/c1-23(2)18-13(8-15(10-20)29(5,25)26)7-14(9-16(11-21)30(6,27)28)19(24(3)4)17(18)12-22/h7-9H,1-6H3/b15-8-,16-9-. The second kappa shape index (κ2) is 9.00. The molecule has 0 atom stereocenters. The molecule has 158 valence electrons. The molecule has 0 aliphatic heterocycles. The summed E-state index contributed by atoms with van der Waals surface area (Å²) in [4.78, 5) is 2.13. The van der Waals surface area contributed by atoms with Gasteiger partial charge >= 0.3 is 0 Å². The van der Waals surface area contributed by atoms with Crippen LogP contribution in [0.1, 0.15) is 16.7 Å². The number of nitrogens with zero attached hydrogens (tertiary/aromatic N) is 5. The fourth-order valence-electron chi connectivity index (χ4n) is 2.72. The van der Waals surface area contributed by atoms with Crippen molar-refractivity contribution in [1.29, 1.82) is 15.8 Å². The minimum absolute atomic E-state index is 0.126. The van der Waals surface area contributed by atoms with Gasteiger partial charge in [0.25, 0.3) is 0 Å². The minimum atomic E-state index is -3.84. The third kappa shape index (κ3) is 5.38. The van der Waals surface area contributed by atoms with E-state index in [-0.39, 0.29) is 16.7 Å². The highest BCUT2D eigenvalue weighted by atomic mass is 32.2. The summed E-state index contributed by atoms with van der Waals surface area (Å²) in [7, 11) is -1.10. The third-order valence-corrected chi connectivity index (χ3v) is 5.95. The summed E-state index contributed by atoms with van der Waals surface area (Å²) >= 11 is 0. The molecule has 0 amide bonds. The summed E-state index contributed by atoms with van der Waals surface area (Å²) in [5.41, 5.74) is 1.23. The van der Waals surface area contributed by atoms with Crippen molar-refractivity contribution in [3.63, 3.8) is 0 Å². The van der Waals surface area contributed by atoms with E-state index in [1.165, 1.54) is 6.07 Å². The predicted molar refractivity (Wildman–Crippen MR) is 117 cm³/mol. The van der Waals surface area contributed by atoms with E-state index in [9.17, 15) is 32.6 Å². The summed E-state index contributed by atoms with van der Waals surface area (Å²) in [5, 5.41) is 28.4. The topological polar surface area (TPSA) is 146 Å². The van der Waals surface area contributed by atoms with Crippen LogP contribution in [0.15, 0.2) is 15.9 Å². The van der Waals surface area contributed by atoms with Crippen molar-refractivity contribution in [2.75, 3.05) is 50.5 Å². The quantitative estimate of drug-likeness (QED) is 0.592. The number of rotatable bonds is 6. The van der Waals surface area contributed by atoms with Gasteiger partial charge in [0.15, 0.2) is 19.7 Å². The van der Waals surface area contributed by atoms with E-state index in [1.54, 1.807) is 50.1 Å². The Morgan fingerprint density at radius 1 is 0.800 bits per heavy atom. The van der Waals surface area contributed by atoms with Gasteiger partial charge in [-0.25, -0.2) is 16.8 Å². The lowest BCUT2D eigenvalue weighted by Gasteiger charge is -2.25. The Bertz CT molecular complexity index is 1180. The maximum atomic E-state index is 11.9. The first-order valence-corrected chi connectivity index (χ1v) is 12.1. The van der Waals surface area contributed by atoms with Crippen LogP contribution in [-0.4, -0.2) is 57.5 Å². The first-order valence-electron chi connectivity index (χ1n) is 8.28. The first-order chi connectivity index (χ1) is 13.7. The van der Waals surface area contributed by atoms with Crippen LogP contribution in [-0.2, 0) is 19.7 Å². The van der Waals surface area contributed by atoms with Crippen LogP contribution in [0.2, 0.25) is 0 Å². The smallest absolute Gasteiger partial charge is 0.185 e. The molecule has 0 saturated carbocycles. The zero-order valence-electron chi connectivity index (χ0n) is 17.4. The highest BCUT2D eigenvalue weighted by molar-refractivity contribution is 7.95. The molecule has 0 aromatic heterocycles. The van der Waals surface area contributed by atoms with Crippen molar-refractivity contribution in [2.24, 2.45) is 0 Å². The predicted octanol–water partition coefficient (Wildman–Crippen LogP) is 1.51. The largest absolute Gasteiger partial charge is 0.376 e. The van der Waals surface area contributed by atoms with E-state index in [1.807, 2.05) is 0 Å². The number of benzene rings is 1. The summed E-state index contributed by atoms with van der Waals surface area (Å²) < 4.78 is 47.6. The van der Waals surface area contributed by atoms with Crippen LogP contribution in [0.5, 0.6) is 0 Å². The monoisotopic (exact) mass is 447 g/mol. The van der Waals surface area contributed by atoms with Crippen LogP contribution in [0.3, 0.4) is 0 Å². The number of allylic oxidation sites excluding steroid dienone is 2. The number of nitriles is 3. The molecule has 0 aliphatic rings. The van der Waals surface area contributed by atoms with Gasteiger partial charge in [0.05, 0.1) is 16.9 Å². The summed E-state index contributed by atoms with van der Waals surface area (Å²) in [6.07, 6.45) is 4.01. The molecule has 0 heterocycles. The number of anilines is 2. The highest BCUT2D eigenvalue weighted by Gasteiger charge is 2.22. The van der Waals surface area contributed by atoms with Crippen molar-refractivity contribution in [3.8, 4) is 18.2 Å². The van der Waals surface area contributed by atoms with Crippen molar-refractivity contribution < 1.29 is 16.8 Å². The Morgan fingerprint density at radius 3 is 1.33 bits per heavy atom. The molecule has 1 aromatic rings. The molecule has 0 radical (unpaired) electrons. The number of hydrogen-bond acceptors (Lipinski definition) is 9. The van der Waals surface area contributed by atoms with Gasteiger partial charge in [-0.15, -0.1) is 0 Å². The minimum Gasteiger partial charge on any atom is -0.376 e. The molecule has 1 rings (SSSR count). The Morgan fingerprint density at radius 2 is 1.13 bits per heavy atom. The van der Waals surface area contributed by atoms with E-state index in [2.05, 4.69) is 6.07 Å². The zero-order chi connectivity index (χ0) is 23.4. The molecule has 0 bridgehead atoms. The number of hydrogen-bond donors (Lipinski definition) is 0. The van der Waals surface area contributed by atoms with Crippen molar-refractivity contribution in [2.45, 2.75) is 0 Å². The van der Waals surface area contributed by atoms with E-state index < -0.39 is 29.5 Å². The van der Waals surface area contributed by atoms with Crippen LogP contribution < -0.4 is 9.80 Å². The first kappa shape index (κ1) is 24.7. The average molecular weight is 448 g/mol. The molecule has 0 fully saturated rings. The van der Waals surface area contributed by atoms with Crippen LogP contribution in [0.4, 0.5) is 11.4 Å². The fourth-order valence-corrected chi connectivity index (χ4v) is 3.74. The maximum absolute atomic E-state index is 11.9. The van der Waals surface area contributed by atoms with Gasteiger partial charge in [-0.2, -0.15) is 15.8 Å². The van der Waals surface area contributed by atoms with Gasteiger partial charge in [0.2, 0.25) is 0 Å². The SMILES string of the molecule is CN(C)c1c(/C=C(/C#N)S(C)(=O)=O)cc(/C=C(/C#N)S(C)(=O)=O)c(N(C)C)c1C#N. The zero-order valence-corrected chi connectivity index (χ0v) is 19.1. The van der Waals surface area contributed by atoms with Crippen molar-refractivity contribution >= 4 is 43.2 Å². The van der Waals surface area contributed by atoms with E-state index >= 15 is 0 Å². The van der Waals surface area contributed by atoms with Gasteiger partial charge in [-0.1, -0.05) is 0 Å². The Kier molecular flexibility index (Phi) is 7.41. The Hall–Kier alpha value is -3.33. The second-order valence-corrected chi connectivity index (χ2v) is 10.8. The van der Waals surface area contributed by atoms with Crippen molar-refractivity contribution in [3.05, 3.63) is 32.6 Å². The molecule has 0 unspecified atom stereocenters. The molecule has 0 N–H and O–H groups in total. The van der Waals surface area contributed by atoms with E-state index in [4.69, 9.17) is 0 Å². The van der Waals surface area contributed by atoms with Crippen LogP contribution in [0, 0.1) is 34.0 Å². The molecule has 1 aromatic carbocycles. The molecular formula is C19H21N5O4S2. The van der Waals surface area contributed by atoms with E-state index in [0.717, 1.165) is 24.7 Å². The van der Waals surface area contributed by atoms with Crippen LogP contribution >= 0.6 is 0 Å². The van der Waals surface area contributed by atoms with Gasteiger partial charge in [-0.05, 0) is 18.2 Å². The highest BCUT2D eigenvalue weighted by Crippen LogP contribution is 2.38. The lowest BCUT2D eigenvalue weighted by molar-refractivity contribution is 0.607.